The van der Waals surface area contributed by atoms with Crippen molar-refractivity contribution in [2.75, 3.05) is 40.0 Å². The van der Waals surface area contributed by atoms with E-state index in [1.165, 1.54) is 12.0 Å². The van der Waals surface area contributed by atoms with Crippen LogP contribution in [-0.2, 0) is 19.0 Å². The molecule has 3 rings (SSSR count). The molecule has 21 heavy (non-hydrogen) atoms. The maximum absolute atomic E-state index is 12.6. The highest BCUT2D eigenvalue weighted by atomic mass is 16.7. The lowest BCUT2D eigenvalue weighted by Crippen LogP contribution is -2.53. The lowest BCUT2D eigenvalue weighted by Gasteiger charge is -2.39. The van der Waals surface area contributed by atoms with Crippen LogP contribution in [0.2, 0.25) is 0 Å². The van der Waals surface area contributed by atoms with Gasteiger partial charge < -0.3 is 19.1 Å². The molecular weight excluding hydrogens is 276 g/mol. The van der Waals surface area contributed by atoms with Gasteiger partial charge in [-0.2, -0.15) is 0 Å². The highest BCUT2D eigenvalue weighted by Crippen LogP contribution is 2.32. The Morgan fingerprint density at radius 1 is 1.14 bits per heavy atom. The highest BCUT2D eigenvalue weighted by molar-refractivity contribution is 5.86. The van der Waals surface area contributed by atoms with Crippen molar-refractivity contribution in [1.29, 1.82) is 0 Å². The largest absolute Gasteiger partial charge is 0.453 e. The summed E-state index contributed by atoms with van der Waals surface area (Å²) < 4.78 is 16.1. The second-order valence-corrected chi connectivity index (χ2v) is 5.75. The summed E-state index contributed by atoms with van der Waals surface area (Å²) in [5, 5.41) is 0. The lowest BCUT2D eigenvalue weighted by molar-refractivity contribution is -0.188. The fourth-order valence-electron chi connectivity index (χ4n) is 3.42. The van der Waals surface area contributed by atoms with Crippen molar-refractivity contribution in [3.05, 3.63) is 0 Å². The second-order valence-electron chi connectivity index (χ2n) is 5.75. The van der Waals surface area contributed by atoms with Gasteiger partial charge in [0.15, 0.2) is 5.79 Å². The number of amides is 2. The van der Waals surface area contributed by atoms with Crippen LogP contribution in [0.1, 0.15) is 25.7 Å². The Morgan fingerprint density at radius 2 is 1.81 bits per heavy atom. The second kappa shape index (κ2) is 5.81. The first-order chi connectivity index (χ1) is 10.2. The standard InChI is InChI=1S/C14H22N2O5/c1-19-13(18)16-6-2-3-11(16)12(17)15-7-4-14(5-8-15)20-9-10-21-14/h11H,2-10H2,1H3. The fraction of sp³-hybridized carbons (Fsp3) is 0.857. The molecule has 0 aliphatic carbocycles. The minimum absolute atomic E-state index is 0.0192. The molecule has 1 spiro atoms. The summed E-state index contributed by atoms with van der Waals surface area (Å²) in [6, 6.07) is -0.378. The van der Waals surface area contributed by atoms with Crippen LogP contribution in [0.25, 0.3) is 0 Å². The number of carbonyl (C=O) groups is 2. The van der Waals surface area contributed by atoms with Crippen LogP contribution >= 0.6 is 0 Å². The van der Waals surface area contributed by atoms with E-state index >= 15 is 0 Å². The SMILES string of the molecule is COC(=O)N1CCCC1C(=O)N1CCC2(CC1)OCCO2. The van der Waals surface area contributed by atoms with Crippen molar-refractivity contribution >= 4 is 12.0 Å². The molecule has 3 fully saturated rings. The zero-order chi connectivity index (χ0) is 14.9. The molecule has 7 nitrogen and oxygen atoms in total. The van der Waals surface area contributed by atoms with Crippen molar-refractivity contribution in [3.63, 3.8) is 0 Å². The monoisotopic (exact) mass is 298 g/mol. The molecule has 0 aromatic heterocycles. The van der Waals surface area contributed by atoms with Gasteiger partial charge in [0.1, 0.15) is 6.04 Å². The number of piperidine rings is 1. The number of hydrogen-bond acceptors (Lipinski definition) is 5. The first-order valence-corrected chi connectivity index (χ1v) is 7.56. The van der Waals surface area contributed by atoms with Gasteiger partial charge in [-0.05, 0) is 12.8 Å². The number of carbonyl (C=O) groups excluding carboxylic acids is 2. The molecule has 0 aromatic carbocycles. The fourth-order valence-corrected chi connectivity index (χ4v) is 3.42. The topological polar surface area (TPSA) is 68.3 Å². The zero-order valence-electron chi connectivity index (χ0n) is 12.4. The van der Waals surface area contributed by atoms with E-state index in [4.69, 9.17) is 14.2 Å². The molecule has 1 atom stereocenters. The van der Waals surface area contributed by atoms with Gasteiger partial charge in [0.05, 0.1) is 20.3 Å². The van der Waals surface area contributed by atoms with Crippen molar-refractivity contribution in [2.24, 2.45) is 0 Å². The van der Waals surface area contributed by atoms with Crippen molar-refractivity contribution < 1.29 is 23.8 Å². The van der Waals surface area contributed by atoms with Crippen LogP contribution in [0.3, 0.4) is 0 Å². The summed E-state index contributed by atoms with van der Waals surface area (Å²) in [4.78, 5) is 27.7. The van der Waals surface area contributed by atoms with Gasteiger partial charge in [-0.25, -0.2) is 4.79 Å². The number of ether oxygens (including phenoxy) is 3. The van der Waals surface area contributed by atoms with Crippen molar-refractivity contribution in [1.82, 2.24) is 9.80 Å². The number of rotatable bonds is 1. The Hall–Kier alpha value is -1.34. The third kappa shape index (κ3) is 2.72. The molecule has 118 valence electrons. The van der Waals surface area contributed by atoms with E-state index in [0.29, 0.717) is 52.1 Å². The molecule has 0 radical (unpaired) electrons. The summed E-state index contributed by atoms with van der Waals surface area (Å²) >= 11 is 0. The molecule has 0 N–H and O–H groups in total. The Labute approximate surface area is 124 Å². The maximum Gasteiger partial charge on any atom is 0.410 e. The normalized spacial score (nSPS) is 28.1. The smallest absolute Gasteiger partial charge is 0.410 e. The van der Waals surface area contributed by atoms with Crippen LogP contribution in [0, 0.1) is 0 Å². The molecule has 0 aromatic rings. The molecule has 7 heteroatoms. The predicted octanol–water partition coefficient (Wildman–Crippen LogP) is 0.583. The van der Waals surface area contributed by atoms with Crippen LogP contribution < -0.4 is 0 Å². The predicted molar refractivity (Wildman–Crippen MR) is 72.6 cm³/mol. The van der Waals surface area contributed by atoms with Crippen molar-refractivity contribution in [3.8, 4) is 0 Å². The number of nitrogens with zero attached hydrogens (tertiary/aromatic N) is 2. The van der Waals surface area contributed by atoms with E-state index in [0.717, 1.165) is 6.42 Å². The average molecular weight is 298 g/mol. The Kier molecular flexibility index (Phi) is 4.03. The molecule has 2 amide bonds. The van der Waals surface area contributed by atoms with Crippen LogP contribution in [0.15, 0.2) is 0 Å². The summed E-state index contributed by atoms with van der Waals surface area (Å²) in [5.41, 5.74) is 0. The highest BCUT2D eigenvalue weighted by Gasteiger charge is 2.43. The van der Waals surface area contributed by atoms with Crippen molar-refractivity contribution in [2.45, 2.75) is 37.5 Å². The van der Waals surface area contributed by atoms with Gasteiger partial charge in [-0.3, -0.25) is 9.69 Å². The molecule has 0 bridgehead atoms. The van der Waals surface area contributed by atoms with Gasteiger partial charge in [0.25, 0.3) is 0 Å². The lowest BCUT2D eigenvalue weighted by atomic mass is 10.0. The van der Waals surface area contributed by atoms with E-state index in [2.05, 4.69) is 0 Å². The van der Waals surface area contributed by atoms with Gasteiger partial charge in [-0.15, -0.1) is 0 Å². The van der Waals surface area contributed by atoms with Crippen LogP contribution in [-0.4, -0.2) is 73.6 Å². The summed E-state index contributed by atoms with van der Waals surface area (Å²) in [6.07, 6.45) is 2.53. The maximum atomic E-state index is 12.6. The molecular formula is C14H22N2O5. The minimum Gasteiger partial charge on any atom is -0.453 e. The number of methoxy groups -OCH3 is 1. The number of hydrogen-bond donors (Lipinski definition) is 0. The Balaban J connectivity index is 1.59. The quantitative estimate of drug-likeness (QED) is 0.708. The molecule has 3 aliphatic rings. The minimum atomic E-state index is -0.478. The number of likely N-dealkylation sites (tertiary alicyclic amines) is 2. The molecule has 0 saturated carbocycles. The van der Waals surface area contributed by atoms with Gasteiger partial charge in [-0.1, -0.05) is 0 Å². The third-order valence-electron chi connectivity index (χ3n) is 4.60. The first kappa shape index (κ1) is 14.6. The van der Waals surface area contributed by atoms with Crippen LogP contribution in [0.4, 0.5) is 4.79 Å². The van der Waals surface area contributed by atoms with E-state index in [1.807, 2.05) is 4.90 Å². The van der Waals surface area contributed by atoms with E-state index in [9.17, 15) is 9.59 Å². The summed E-state index contributed by atoms with van der Waals surface area (Å²) in [6.45, 7) is 3.08. The Morgan fingerprint density at radius 3 is 2.43 bits per heavy atom. The zero-order valence-corrected chi connectivity index (χ0v) is 12.4. The molecule has 1 unspecified atom stereocenters. The molecule has 3 heterocycles. The molecule has 3 aliphatic heterocycles. The van der Waals surface area contributed by atoms with Crippen LogP contribution in [0.5, 0.6) is 0 Å². The van der Waals surface area contributed by atoms with Gasteiger partial charge in [0, 0.05) is 32.5 Å². The molecule has 3 saturated heterocycles. The summed E-state index contributed by atoms with van der Waals surface area (Å²) in [5.74, 6) is -0.458. The van der Waals surface area contributed by atoms with Gasteiger partial charge >= 0.3 is 6.09 Å². The van der Waals surface area contributed by atoms with E-state index in [-0.39, 0.29) is 11.9 Å². The summed E-state index contributed by atoms with van der Waals surface area (Å²) in [7, 11) is 1.35. The third-order valence-corrected chi connectivity index (χ3v) is 4.60. The average Bonchev–Trinajstić information content (AvgIpc) is 3.16. The van der Waals surface area contributed by atoms with E-state index < -0.39 is 11.9 Å². The van der Waals surface area contributed by atoms with E-state index in [1.54, 1.807) is 0 Å². The first-order valence-electron chi connectivity index (χ1n) is 7.56. The Bertz CT molecular complexity index is 412. The van der Waals surface area contributed by atoms with Gasteiger partial charge in [0.2, 0.25) is 5.91 Å².